The van der Waals surface area contributed by atoms with Gasteiger partial charge in [0.25, 0.3) is 0 Å². The van der Waals surface area contributed by atoms with Crippen molar-refractivity contribution in [2.45, 2.75) is 55.4 Å². The van der Waals surface area contributed by atoms with Crippen molar-refractivity contribution in [2.24, 2.45) is 0 Å². The minimum absolute atomic E-state index is 0.564. The van der Waals surface area contributed by atoms with Crippen molar-refractivity contribution in [3.8, 4) is 68.3 Å². The van der Waals surface area contributed by atoms with E-state index >= 15 is 0 Å². The highest BCUT2D eigenvalue weighted by atomic mass is 15.2. The summed E-state index contributed by atoms with van der Waals surface area (Å²) in [7, 11) is 0. The molecule has 6 aromatic heterocycles. The first-order chi connectivity index (χ1) is 43.9. The van der Waals surface area contributed by atoms with Crippen LogP contribution in [0.5, 0.6) is 0 Å². The molecule has 0 fully saturated rings. The highest BCUT2D eigenvalue weighted by molar-refractivity contribution is 6.16. The van der Waals surface area contributed by atoms with Gasteiger partial charge in [-0.2, -0.15) is 0 Å². The number of nitrogens with zero attached hydrogens (tertiary/aromatic N) is 8. The average Bonchev–Trinajstić information content (AvgIpc) is 1.36. The van der Waals surface area contributed by atoms with Crippen LogP contribution in [0.4, 0.5) is 0 Å². The monoisotopic (exact) mass is 1160 g/mol. The van der Waals surface area contributed by atoms with Crippen LogP contribution in [0.3, 0.4) is 0 Å². The summed E-state index contributed by atoms with van der Waals surface area (Å²) >= 11 is 0. The summed E-state index contributed by atoms with van der Waals surface area (Å²) in [5, 5.41) is 9.33. The Kier molecular flexibility index (Phi) is 11.9. The van der Waals surface area contributed by atoms with Crippen LogP contribution in [0.2, 0.25) is 0 Å². The number of aryl methyl sites for hydroxylation is 8. The number of fused-ring (bicyclic) bond motifs is 12. The van der Waals surface area contributed by atoms with Crippen molar-refractivity contribution in [3.05, 3.63) is 275 Å². The van der Waals surface area contributed by atoms with E-state index in [1.165, 1.54) is 87.6 Å². The van der Waals surface area contributed by atoms with Gasteiger partial charge in [-0.05, 0) is 164 Å². The zero-order valence-electron chi connectivity index (χ0n) is 51.5. The number of rotatable bonds is 8. The molecule has 0 radical (unpaired) electrons. The molecule has 0 spiro atoms. The normalized spacial score (nSPS) is 12.0. The van der Waals surface area contributed by atoms with Crippen LogP contribution in [0.25, 0.3) is 156 Å². The third-order valence-electron chi connectivity index (χ3n) is 18.4. The Labute approximate surface area is 521 Å². The van der Waals surface area contributed by atoms with E-state index in [-0.39, 0.29) is 0 Å². The van der Waals surface area contributed by atoms with E-state index in [0.29, 0.717) is 17.5 Å². The molecule has 0 bridgehead atoms. The first kappa shape index (κ1) is 53.1. The standard InChI is InChI=1S/C82H62N8/c1-47-22-30-67-59(38-47)60-39-48(2)23-31-68(60)87(67)76-75(57-20-15-21-58(46-57)80-84-78(55-16-11-9-12-17-55)83-79(85-80)56-18-13-10-14-19-56)77(88-69-32-24-49(3)40-61(69)62-41-50(4)25-33-70(62)88)82(90-73-36-28-53(7)44-65(73)66-45-54(8)29-37-74(66)90)86-81(76)89-71-34-26-51(5)42-63(71)64-43-52(6)27-35-72(64)89/h9-46H,1-8H3. The van der Waals surface area contributed by atoms with Gasteiger partial charge in [0.15, 0.2) is 29.1 Å². The molecule has 0 aliphatic carbocycles. The van der Waals surface area contributed by atoms with Gasteiger partial charge in [0.1, 0.15) is 11.4 Å². The summed E-state index contributed by atoms with van der Waals surface area (Å²) in [6.45, 7) is 17.6. The quantitative estimate of drug-likeness (QED) is 0.152. The second kappa shape index (κ2) is 20.2. The maximum Gasteiger partial charge on any atom is 0.165 e. The molecule has 17 rings (SSSR count). The number of hydrogen-bond donors (Lipinski definition) is 0. The Morgan fingerprint density at radius 3 is 0.744 bits per heavy atom. The Morgan fingerprint density at radius 1 is 0.211 bits per heavy atom. The van der Waals surface area contributed by atoms with Gasteiger partial charge in [-0.15, -0.1) is 0 Å². The fraction of sp³-hybridized carbons (Fsp3) is 0.0976. The molecule has 6 heterocycles. The van der Waals surface area contributed by atoms with Crippen LogP contribution < -0.4 is 0 Å². The average molecular weight is 1160 g/mol. The minimum atomic E-state index is 0.564. The molecule has 11 aromatic carbocycles. The summed E-state index contributed by atoms with van der Waals surface area (Å²) in [5.41, 5.74) is 24.5. The van der Waals surface area contributed by atoms with Crippen LogP contribution in [0, 0.1) is 55.4 Å². The molecule has 0 N–H and O–H groups in total. The number of benzene rings is 11. The van der Waals surface area contributed by atoms with Crippen molar-refractivity contribution in [1.29, 1.82) is 0 Å². The molecule has 0 aliphatic rings. The van der Waals surface area contributed by atoms with Gasteiger partial charge in [-0.25, -0.2) is 19.9 Å². The van der Waals surface area contributed by atoms with E-state index in [1.807, 2.05) is 36.4 Å². The molecule has 17 aromatic rings. The molecule has 0 saturated carbocycles. The van der Waals surface area contributed by atoms with Gasteiger partial charge < -0.3 is 9.13 Å². The van der Waals surface area contributed by atoms with Gasteiger partial charge >= 0.3 is 0 Å². The summed E-state index contributed by atoms with van der Waals surface area (Å²) in [4.78, 5) is 22.5. The lowest BCUT2D eigenvalue weighted by Gasteiger charge is -2.27. The lowest BCUT2D eigenvalue weighted by atomic mass is 9.98. The van der Waals surface area contributed by atoms with Gasteiger partial charge in [-0.3, -0.25) is 9.13 Å². The highest BCUT2D eigenvalue weighted by Crippen LogP contribution is 2.50. The van der Waals surface area contributed by atoms with Crippen molar-refractivity contribution in [3.63, 3.8) is 0 Å². The molecule has 0 unspecified atom stereocenters. The van der Waals surface area contributed by atoms with Crippen molar-refractivity contribution in [2.75, 3.05) is 0 Å². The van der Waals surface area contributed by atoms with Gasteiger partial charge in [-0.1, -0.05) is 172 Å². The highest BCUT2D eigenvalue weighted by Gasteiger charge is 2.33. The first-order valence-electron chi connectivity index (χ1n) is 31.0. The predicted molar refractivity (Wildman–Crippen MR) is 375 cm³/mol. The number of aromatic nitrogens is 8. The Bertz CT molecular complexity index is 5310. The lowest BCUT2D eigenvalue weighted by Crippen LogP contribution is -2.16. The zero-order valence-corrected chi connectivity index (χ0v) is 51.5. The van der Waals surface area contributed by atoms with Gasteiger partial charge in [0.2, 0.25) is 0 Å². The molecule has 8 heteroatoms. The molecule has 430 valence electrons. The lowest BCUT2D eigenvalue weighted by molar-refractivity contribution is 0.960. The third kappa shape index (κ3) is 8.28. The topological polar surface area (TPSA) is 71.3 Å². The maximum absolute atomic E-state index is 6.57. The van der Waals surface area contributed by atoms with E-state index in [4.69, 9.17) is 19.9 Å². The molecular weight excluding hydrogens is 1100 g/mol. The number of pyridine rings is 1. The van der Waals surface area contributed by atoms with E-state index in [1.54, 1.807) is 0 Å². The van der Waals surface area contributed by atoms with Crippen LogP contribution in [0.15, 0.2) is 231 Å². The molecule has 8 nitrogen and oxygen atoms in total. The van der Waals surface area contributed by atoms with E-state index in [0.717, 1.165) is 95.0 Å². The van der Waals surface area contributed by atoms with Crippen molar-refractivity contribution < 1.29 is 0 Å². The Morgan fingerprint density at radius 2 is 0.456 bits per heavy atom. The molecular formula is C82H62N8. The van der Waals surface area contributed by atoms with Crippen LogP contribution >= 0.6 is 0 Å². The largest absolute Gasteiger partial charge is 0.305 e. The minimum Gasteiger partial charge on any atom is -0.305 e. The summed E-state index contributed by atoms with van der Waals surface area (Å²) < 4.78 is 9.99. The summed E-state index contributed by atoms with van der Waals surface area (Å²) in [6, 6.07) is 84.8. The second-order valence-electron chi connectivity index (χ2n) is 25.0. The van der Waals surface area contributed by atoms with Crippen molar-refractivity contribution in [1.82, 2.24) is 38.2 Å². The van der Waals surface area contributed by atoms with Crippen LogP contribution in [-0.2, 0) is 0 Å². The molecule has 0 amide bonds. The van der Waals surface area contributed by atoms with Crippen LogP contribution in [-0.4, -0.2) is 38.2 Å². The smallest absolute Gasteiger partial charge is 0.165 e. The molecule has 90 heavy (non-hydrogen) atoms. The summed E-state index contributed by atoms with van der Waals surface area (Å²) in [6.07, 6.45) is 0. The van der Waals surface area contributed by atoms with E-state index in [2.05, 4.69) is 268 Å². The molecule has 0 saturated heterocycles. The van der Waals surface area contributed by atoms with Crippen molar-refractivity contribution >= 4 is 87.2 Å². The fourth-order valence-corrected chi connectivity index (χ4v) is 14.2. The maximum atomic E-state index is 6.57. The van der Waals surface area contributed by atoms with Gasteiger partial charge in [0.05, 0.1) is 44.1 Å². The predicted octanol–water partition coefficient (Wildman–Crippen LogP) is 20.8. The molecule has 0 aliphatic heterocycles. The van der Waals surface area contributed by atoms with Gasteiger partial charge in [0, 0.05) is 65.3 Å². The van der Waals surface area contributed by atoms with E-state index in [9.17, 15) is 0 Å². The van der Waals surface area contributed by atoms with E-state index < -0.39 is 0 Å². The molecule has 0 atom stereocenters. The number of hydrogen-bond acceptors (Lipinski definition) is 4. The third-order valence-corrected chi connectivity index (χ3v) is 18.4. The summed E-state index contributed by atoms with van der Waals surface area (Å²) in [5.74, 6) is 3.32. The SMILES string of the molecule is Cc1ccc2c(c1)c1cc(C)ccc1n2-c1nc(-n2c3ccc(C)cc3c3cc(C)ccc32)c(-n2c3ccc(C)cc3c3cc(C)ccc32)c(-c2cccc(-c3nc(-c4ccccc4)nc(-c4ccccc4)n3)c2)c1-n1c2ccc(C)cc2c2cc(C)ccc21. The second-order valence-corrected chi connectivity index (χ2v) is 25.0. The Balaban J connectivity index is 1.15. The fourth-order valence-electron chi connectivity index (χ4n) is 14.2. The Hall–Kier alpha value is -11.2. The first-order valence-corrected chi connectivity index (χ1v) is 31.0. The van der Waals surface area contributed by atoms with Crippen LogP contribution in [0.1, 0.15) is 44.5 Å². The zero-order chi connectivity index (χ0) is 60.8.